The van der Waals surface area contributed by atoms with Crippen molar-refractivity contribution in [1.82, 2.24) is 9.13 Å². The van der Waals surface area contributed by atoms with Gasteiger partial charge in [-0.15, -0.1) is 0 Å². The van der Waals surface area contributed by atoms with Crippen LogP contribution in [0.15, 0.2) is 194 Å². The minimum absolute atomic E-state index is 0.451. The molecule has 0 aliphatic heterocycles. The molecule has 0 amide bonds. The van der Waals surface area contributed by atoms with E-state index in [0.717, 1.165) is 5.69 Å². The summed E-state index contributed by atoms with van der Waals surface area (Å²) in [6, 6.07) is 71.5. The first kappa shape index (κ1) is 28.2. The van der Waals surface area contributed by atoms with E-state index in [0.29, 0.717) is 0 Å². The molecular weight excluding hydrogens is 617 g/mol. The van der Waals surface area contributed by atoms with Gasteiger partial charge in [-0.1, -0.05) is 146 Å². The van der Waals surface area contributed by atoms with Crippen LogP contribution in [-0.2, 0) is 5.41 Å². The Morgan fingerprint density at radius 3 is 1.33 bits per heavy atom. The first-order valence-electron chi connectivity index (χ1n) is 17.7. The van der Waals surface area contributed by atoms with Crippen molar-refractivity contribution in [3.05, 3.63) is 216 Å². The predicted molar refractivity (Wildman–Crippen MR) is 212 cm³/mol. The van der Waals surface area contributed by atoms with Gasteiger partial charge in [0.05, 0.1) is 27.5 Å². The molecule has 1 aliphatic rings. The third-order valence-electron chi connectivity index (χ3n) is 11.2. The standard InChI is InChI=1S/C49H32N2/c1-3-15-33(16-4-1)49(34-17-5-2-6-18-34)43-23-11-7-19-37(43)38-29-27-36(32-44(38)49)51-47-26-14-10-22-41(47)42-31-35(28-30-48(42)51)50-45-24-12-8-20-39(45)40-21-9-13-25-46(40)50/h1-32H. The van der Waals surface area contributed by atoms with Gasteiger partial charge < -0.3 is 9.13 Å². The zero-order valence-electron chi connectivity index (χ0n) is 27.9. The van der Waals surface area contributed by atoms with E-state index in [1.807, 2.05) is 0 Å². The van der Waals surface area contributed by atoms with E-state index in [4.69, 9.17) is 0 Å². The first-order valence-corrected chi connectivity index (χ1v) is 17.7. The Hall–Kier alpha value is -6.64. The van der Waals surface area contributed by atoms with Crippen molar-refractivity contribution in [3.8, 4) is 22.5 Å². The summed E-state index contributed by atoms with van der Waals surface area (Å²) in [7, 11) is 0. The lowest BCUT2D eigenvalue weighted by Gasteiger charge is -2.34. The molecule has 0 saturated carbocycles. The van der Waals surface area contributed by atoms with Gasteiger partial charge >= 0.3 is 0 Å². The fraction of sp³-hybridized carbons (Fsp3) is 0.0204. The highest BCUT2D eigenvalue weighted by molar-refractivity contribution is 6.12. The van der Waals surface area contributed by atoms with Gasteiger partial charge in [0.1, 0.15) is 0 Å². The van der Waals surface area contributed by atoms with Gasteiger partial charge in [-0.25, -0.2) is 0 Å². The third-order valence-corrected chi connectivity index (χ3v) is 11.2. The van der Waals surface area contributed by atoms with E-state index < -0.39 is 5.41 Å². The second-order valence-corrected chi connectivity index (χ2v) is 13.7. The Morgan fingerprint density at radius 1 is 0.294 bits per heavy atom. The average molecular weight is 649 g/mol. The molecule has 0 fully saturated rings. The zero-order chi connectivity index (χ0) is 33.5. The van der Waals surface area contributed by atoms with E-state index in [9.17, 15) is 0 Å². The number of fused-ring (bicyclic) bond motifs is 9. The summed E-state index contributed by atoms with van der Waals surface area (Å²) in [5.41, 5.74) is 14.5. The molecular formula is C49H32N2. The summed E-state index contributed by atoms with van der Waals surface area (Å²) in [6.07, 6.45) is 0. The van der Waals surface area contributed by atoms with Gasteiger partial charge in [-0.3, -0.25) is 0 Å². The van der Waals surface area contributed by atoms with Crippen LogP contribution in [0, 0.1) is 0 Å². The van der Waals surface area contributed by atoms with E-state index >= 15 is 0 Å². The van der Waals surface area contributed by atoms with Crippen LogP contribution in [0.2, 0.25) is 0 Å². The Bertz CT molecular complexity index is 2870. The van der Waals surface area contributed by atoms with Crippen LogP contribution in [0.4, 0.5) is 0 Å². The summed E-state index contributed by atoms with van der Waals surface area (Å²) in [6.45, 7) is 0. The molecule has 0 spiro atoms. The molecule has 0 radical (unpaired) electrons. The number of nitrogens with zero attached hydrogens (tertiary/aromatic N) is 2. The molecule has 11 rings (SSSR count). The van der Waals surface area contributed by atoms with E-state index in [1.165, 1.54) is 82.7 Å². The number of aromatic nitrogens is 2. The molecule has 238 valence electrons. The highest BCUT2D eigenvalue weighted by Gasteiger charge is 2.46. The first-order chi connectivity index (χ1) is 25.3. The zero-order valence-corrected chi connectivity index (χ0v) is 27.9. The lowest BCUT2D eigenvalue weighted by Crippen LogP contribution is -2.28. The van der Waals surface area contributed by atoms with Gasteiger partial charge in [0.2, 0.25) is 0 Å². The van der Waals surface area contributed by atoms with Gasteiger partial charge in [-0.2, -0.15) is 0 Å². The van der Waals surface area contributed by atoms with Gasteiger partial charge in [-0.05, 0) is 81.9 Å². The molecule has 0 atom stereocenters. The average Bonchev–Trinajstić information content (AvgIpc) is 3.82. The van der Waals surface area contributed by atoms with Gasteiger partial charge in [0, 0.05) is 32.9 Å². The van der Waals surface area contributed by atoms with Crippen LogP contribution in [0.1, 0.15) is 22.3 Å². The molecule has 2 aromatic heterocycles. The predicted octanol–water partition coefficient (Wildman–Crippen LogP) is 12.2. The maximum absolute atomic E-state index is 2.46. The molecule has 0 N–H and O–H groups in total. The highest BCUT2D eigenvalue weighted by Crippen LogP contribution is 2.56. The molecule has 8 aromatic carbocycles. The normalized spacial score (nSPS) is 13.3. The van der Waals surface area contributed by atoms with Gasteiger partial charge in [0.15, 0.2) is 0 Å². The second kappa shape index (κ2) is 10.7. The van der Waals surface area contributed by atoms with Crippen molar-refractivity contribution in [2.75, 3.05) is 0 Å². The lowest BCUT2D eigenvalue weighted by atomic mass is 9.67. The van der Waals surface area contributed by atoms with E-state index in [-0.39, 0.29) is 0 Å². The fourth-order valence-electron chi connectivity index (χ4n) is 9.15. The summed E-state index contributed by atoms with van der Waals surface area (Å²) < 4.78 is 4.88. The monoisotopic (exact) mass is 648 g/mol. The number of benzene rings is 8. The summed E-state index contributed by atoms with van der Waals surface area (Å²) >= 11 is 0. The smallest absolute Gasteiger partial charge is 0.0714 e. The molecule has 10 aromatic rings. The molecule has 51 heavy (non-hydrogen) atoms. The van der Waals surface area contributed by atoms with Crippen molar-refractivity contribution < 1.29 is 0 Å². The largest absolute Gasteiger partial charge is 0.309 e. The SMILES string of the molecule is c1ccc(C2(c3ccccc3)c3ccccc3-c3ccc(-n4c5ccccc5c5cc(-n6c7ccccc7c7ccccc76)ccc54)cc32)cc1. The van der Waals surface area contributed by atoms with Crippen molar-refractivity contribution in [3.63, 3.8) is 0 Å². The number of hydrogen-bond acceptors (Lipinski definition) is 0. The number of hydrogen-bond donors (Lipinski definition) is 0. The fourth-order valence-corrected chi connectivity index (χ4v) is 9.15. The highest BCUT2D eigenvalue weighted by atomic mass is 15.0. The van der Waals surface area contributed by atoms with Crippen molar-refractivity contribution in [2.45, 2.75) is 5.41 Å². The van der Waals surface area contributed by atoms with E-state index in [2.05, 4.69) is 203 Å². The molecule has 0 bridgehead atoms. The quantitative estimate of drug-likeness (QED) is 0.180. The Kier molecular flexibility index (Phi) is 5.91. The van der Waals surface area contributed by atoms with Crippen LogP contribution in [0.5, 0.6) is 0 Å². The molecule has 2 nitrogen and oxygen atoms in total. The molecule has 1 aliphatic carbocycles. The third kappa shape index (κ3) is 3.82. The van der Waals surface area contributed by atoms with Crippen LogP contribution < -0.4 is 0 Å². The minimum Gasteiger partial charge on any atom is -0.309 e. The van der Waals surface area contributed by atoms with Crippen molar-refractivity contribution >= 4 is 43.6 Å². The summed E-state index contributed by atoms with van der Waals surface area (Å²) in [4.78, 5) is 0. The van der Waals surface area contributed by atoms with Crippen LogP contribution in [-0.4, -0.2) is 9.13 Å². The minimum atomic E-state index is -0.451. The van der Waals surface area contributed by atoms with Gasteiger partial charge in [0.25, 0.3) is 0 Å². The van der Waals surface area contributed by atoms with Crippen LogP contribution in [0.3, 0.4) is 0 Å². The molecule has 2 heteroatoms. The molecule has 0 saturated heterocycles. The summed E-state index contributed by atoms with van der Waals surface area (Å²) in [5, 5.41) is 5.03. The second-order valence-electron chi connectivity index (χ2n) is 13.7. The van der Waals surface area contributed by atoms with Crippen molar-refractivity contribution in [1.29, 1.82) is 0 Å². The Morgan fingerprint density at radius 2 is 0.725 bits per heavy atom. The summed E-state index contributed by atoms with van der Waals surface area (Å²) in [5.74, 6) is 0. The molecule has 0 unspecified atom stereocenters. The topological polar surface area (TPSA) is 9.86 Å². The maximum Gasteiger partial charge on any atom is 0.0714 e. The number of rotatable bonds is 4. The van der Waals surface area contributed by atoms with Crippen LogP contribution >= 0.6 is 0 Å². The lowest BCUT2D eigenvalue weighted by molar-refractivity contribution is 0.767. The Balaban J connectivity index is 1.19. The van der Waals surface area contributed by atoms with Crippen molar-refractivity contribution in [2.24, 2.45) is 0 Å². The molecule has 2 heterocycles. The van der Waals surface area contributed by atoms with E-state index in [1.54, 1.807) is 0 Å². The Labute approximate surface area is 296 Å². The maximum atomic E-state index is 2.46. The number of para-hydroxylation sites is 3. The van der Waals surface area contributed by atoms with Crippen LogP contribution in [0.25, 0.3) is 66.1 Å².